The first kappa shape index (κ1) is 12.5. The topological polar surface area (TPSA) is 64.6 Å². The van der Waals surface area contributed by atoms with E-state index in [4.69, 9.17) is 4.74 Å². The SMILES string of the molecule is COC(=O)CCCCC1SCC2OC(=O)NC21. The Labute approximate surface area is 105 Å². The summed E-state index contributed by atoms with van der Waals surface area (Å²) in [6.45, 7) is 0. The van der Waals surface area contributed by atoms with Gasteiger partial charge in [0.25, 0.3) is 0 Å². The van der Waals surface area contributed by atoms with Crippen LogP contribution >= 0.6 is 11.8 Å². The molecule has 2 saturated heterocycles. The summed E-state index contributed by atoms with van der Waals surface area (Å²) in [5.41, 5.74) is 0. The van der Waals surface area contributed by atoms with E-state index in [1.807, 2.05) is 11.8 Å². The lowest BCUT2D eigenvalue weighted by Gasteiger charge is -2.14. The average Bonchev–Trinajstić information content (AvgIpc) is 2.84. The molecular formula is C11H17NO4S. The molecule has 0 radical (unpaired) electrons. The van der Waals surface area contributed by atoms with E-state index in [2.05, 4.69) is 10.1 Å². The highest BCUT2D eigenvalue weighted by molar-refractivity contribution is 8.00. The fourth-order valence-electron chi connectivity index (χ4n) is 2.25. The molecule has 0 aromatic rings. The maximum Gasteiger partial charge on any atom is 0.407 e. The summed E-state index contributed by atoms with van der Waals surface area (Å²) < 4.78 is 9.72. The molecule has 1 N–H and O–H groups in total. The minimum absolute atomic E-state index is 0.0399. The van der Waals surface area contributed by atoms with Gasteiger partial charge in [0.2, 0.25) is 0 Å². The van der Waals surface area contributed by atoms with E-state index in [-0.39, 0.29) is 24.2 Å². The van der Waals surface area contributed by atoms with Crippen molar-refractivity contribution in [3.8, 4) is 0 Å². The van der Waals surface area contributed by atoms with Crippen LogP contribution in [0.25, 0.3) is 0 Å². The number of fused-ring (bicyclic) bond motifs is 1. The average molecular weight is 259 g/mol. The molecule has 0 aromatic carbocycles. The Hall–Kier alpha value is -0.910. The van der Waals surface area contributed by atoms with Crippen LogP contribution in [0.3, 0.4) is 0 Å². The molecule has 96 valence electrons. The zero-order chi connectivity index (χ0) is 12.3. The van der Waals surface area contributed by atoms with Gasteiger partial charge >= 0.3 is 12.1 Å². The van der Waals surface area contributed by atoms with Crippen LogP contribution in [0.4, 0.5) is 4.79 Å². The maximum absolute atomic E-state index is 11.1. The lowest BCUT2D eigenvalue weighted by Crippen LogP contribution is -2.36. The lowest BCUT2D eigenvalue weighted by atomic mass is 10.0. The van der Waals surface area contributed by atoms with Gasteiger partial charge in [-0.15, -0.1) is 0 Å². The quantitative estimate of drug-likeness (QED) is 0.596. The Bertz CT molecular complexity index is 310. The normalized spacial score (nSPS) is 30.6. The molecule has 5 nitrogen and oxygen atoms in total. The third-order valence-electron chi connectivity index (χ3n) is 3.17. The standard InChI is InChI=1S/C11H17NO4S/c1-15-9(13)5-3-2-4-8-10-7(6-17-8)16-11(14)12-10/h7-8,10H,2-6H2,1H3,(H,12,14). The van der Waals surface area contributed by atoms with Gasteiger partial charge in [-0.05, 0) is 12.8 Å². The highest BCUT2D eigenvalue weighted by Gasteiger charge is 2.44. The molecule has 2 heterocycles. The van der Waals surface area contributed by atoms with Crippen molar-refractivity contribution in [2.75, 3.05) is 12.9 Å². The number of amides is 1. The van der Waals surface area contributed by atoms with Crippen LogP contribution < -0.4 is 5.32 Å². The largest absolute Gasteiger partial charge is 0.469 e. The number of unbranched alkanes of at least 4 members (excludes halogenated alkanes) is 1. The number of ether oxygens (including phenoxy) is 2. The summed E-state index contributed by atoms with van der Waals surface area (Å²) in [6.07, 6.45) is 3.05. The Morgan fingerprint density at radius 1 is 1.59 bits per heavy atom. The summed E-state index contributed by atoms with van der Waals surface area (Å²) >= 11 is 1.85. The van der Waals surface area contributed by atoms with Crippen molar-refractivity contribution in [1.29, 1.82) is 0 Å². The Kier molecular flexibility index (Phi) is 4.15. The molecular weight excluding hydrogens is 242 g/mol. The zero-order valence-electron chi connectivity index (χ0n) is 9.81. The smallest absolute Gasteiger partial charge is 0.407 e. The van der Waals surface area contributed by atoms with Crippen LogP contribution in [0.5, 0.6) is 0 Å². The van der Waals surface area contributed by atoms with Crippen LogP contribution in [0, 0.1) is 0 Å². The molecule has 2 aliphatic rings. The summed E-state index contributed by atoms with van der Waals surface area (Å²) in [6, 6.07) is 0.158. The molecule has 17 heavy (non-hydrogen) atoms. The molecule has 2 rings (SSSR count). The first-order valence-corrected chi connectivity index (χ1v) is 6.91. The van der Waals surface area contributed by atoms with Crippen molar-refractivity contribution in [2.24, 2.45) is 0 Å². The molecule has 1 amide bonds. The molecule has 0 aromatic heterocycles. The van der Waals surface area contributed by atoms with Crippen molar-refractivity contribution in [3.05, 3.63) is 0 Å². The Morgan fingerprint density at radius 2 is 2.41 bits per heavy atom. The molecule has 2 fully saturated rings. The van der Waals surface area contributed by atoms with Crippen molar-refractivity contribution in [3.63, 3.8) is 0 Å². The second-order valence-corrected chi connectivity index (χ2v) is 5.58. The fourth-order valence-corrected chi connectivity index (χ4v) is 3.74. The van der Waals surface area contributed by atoms with E-state index in [0.29, 0.717) is 11.7 Å². The van der Waals surface area contributed by atoms with E-state index in [9.17, 15) is 9.59 Å². The predicted molar refractivity (Wildman–Crippen MR) is 63.9 cm³/mol. The van der Waals surface area contributed by atoms with E-state index in [1.54, 1.807) is 0 Å². The van der Waals surface area contributed by atoms with Gasteiger partial charge in [-0.1, -0.05) is 6.42 Å². The molecule has 3 unspecified atom stereocenters. The van der Waals surface area contributed by atoms with Gasteiger partial charge in [0.05, 0.1) is 13.2 Å². The van der Waals surface area contributed by atoms with Gasteiger partial charge in [0.15, 0.2) is 0 Å². The van der Waals surface area contributed by atoms with Crippen LogP contribution in [-0.2, 0) is 14.3 Å². The molecule has 0 aliphatic carbocycles. The number of methoxy groups -OCH3 is 1. The van der Waals surface area contributed by atoms with Gasteiger partial charge < -0.3 is 14.8 Å². The highest BCUT2D eigenvalue weighted by Crippen LogP contribution is 2.35. The van der Waals surface area contributed by atoms with Crippen LogP contribution in [0.2, 0.25) is 0 Å². The minimum atomic E-state index is -0.292. The second-order valence-electron chi connectivity index (χ2n) is 4.31. The molecule has 0 saturated carbocycles. The number of thioether (sulfide) groups is 1. The van der Waals surface area contributed by atoms with Crippen molar-refractivity contribution in [2.45, 2.75) is 43.1 Å². The fraction of sp³-hybridized carbons (Fsp3) is 0.818. The minimum Gasteiger partial charge on any atom is -0.469 e. The van der Waals surface area contributed by atoms with Gasteiger partial charge in [0, 0.05) is 17.4 Å². The predicted octanol–water partition coefficient (Wildman–Crippen LogP) is 1.31. The number of hydrogen-bond acceptors (Lipinski definition) is 5. The first-order valence-electron chi connectivity index (χ1n) is 5.86. The van der Waals surface area contributed by atoms with E-state index >= 15 is 0 Å². The van der Waals surface area contributed by atoms with Gasteiger partial charge in [-0.2, -0.15) is 11.8 Å². The monoisotopic (exact) mass is 259 g/mol. The lowest BCUT2D eigenvalue weighted by molar-refractivity contribution is -0.140. The van der Waals surface area contributed by atoms with Crippen LogP contribution in [-0.4, -0.2) is 42.3 Å². The van der Waals surface area contributed by atoms with Crippen molar-refractivity contribution >= 4 is 23.8 Å². The molecule has 6 heteroatoms. The summed E-state index contributed by atoms with van der Waals surface area (Å²) in [5, 5.41) is 3.27. The summed E-state index contributed by atoms with van der Waals surface area (Å²) in [7, 11) is 1.41. The van der Waals surface area contributed by atoms with Crippen LogP contribution in [0.15, 0.2) is 0 Å². The van der Waals surface area contributed by atoms with E-state index < -0.39 is 0 Å². The first-order chi connectivity index (χ1) is 8.20. The summed E-state index contributed by atoms with van der Waals surface area (Å²) in [5.74, 6) is 0.727. The number of hydrogen-bond donors (Lipinski definition) is 1. The molecule has 2 aliphatic heterocycles. The number of esters is 1. The maximum atomic E-state index is 11.1. The number of nitrogens with one attached hydrogen (secondary N) is 1. The molecule has 0 spiro atoms. The van der Waals surface area contributed by atoms with Gasteiger partial charge in [-0.3, -0.25) is 4.79 Å². The number of carbonyl (C=O) groups excluding carboxylic acids is 2. The number of rotatable bonds is 5. The Morgan fingerprint density at radius 3 is 3.18 bits per heavy atom. The third-order valence-corrected chi connectivity index (χ3v) is 4.64. The van der Waals surface area contributed by atoms with E-state index in [1.165, 1.54) is 7.11 Å². The number of carbonyl (C=O) groups is 2. The van der Waals surface area contributed by atoms with Crippen LogP contribution in [0.1, 0.15) is 25.7 Å². The van der Waals surface area contributed by atoms with Crippen molar-refractivity contribution in [1.82, 2.24) is 5.32 Å². The van der Waals surface area contributed by atoms with Gasteiger partial charge in [0.1, 0.15) is 6.10 Å². The summed E-state index contributed by atoms with van der Waals surface area (Å²) in [4.78, 5) is 22.0. The highest BCUT2D eigenvalue weighted by atomic mass is 32.2. The second kappa shape index (κ2) is 5.62. The molecule has 0 bridgehead atoms. The van der Waals surface area contributed by atoms with E-state index in [0.717, 1.165) is 25.0 Å². The number of alkyl carbamates (subject to hydrolysis) is 1. The third kappa shape index (κ3) is 3.06. The zero-order valence-corrected chi connectivity index (χ0v) is 10.6. The van der Waals surface area contributed by atoms with Crippen molar-refractivity contribution < 1.29 is 19.1 Å². The Balaban J connectivity index is 1.66. The van der Waals surface area contributed by atoms with Gasteiger partial charge in [-0.25, -0.2) is 4.79 Å². The molecule has 3 atom stereocenters.